The first kappa shape index (κ1) is 15.1. The number of hydrogen-bond acceptors (Lipinski definition) is 5. The van der Waals surface area contributed by atoms with Gasteiger partial charge in [0.1, 0.15) is 11.5 Å². The Labute approximate surface area is 118 Å². The van der Waals surface area contributed by atoms with Gasteiger partial charge in [-0.15, -0.1) is 0 Å². The van der Waals surface area contributed by atoms with E-state index in [1.165, 1.54) is 0 Å². The molecule has 2 aliphatic rings. The zero-order chi connectivity index (χ0) is 14.9. The van der Waals surface area contributed by atoms with E-state index in [1.54, 1.807) is 21.0 Å². The van der Waals surface area contributed by atoms with Crippen molar-refractivity contribution in [3.8, 4) is 0 Å². The molecule has 0 aromatic carbocycles. The maximum absolute atomic E-state index is 11.3. The van der Waals surface area contributed by atoms with E-state index >= 15 is 0 Å². The highest BCUT2D eigenvalue weighted by Gasteiger charge is 2.31. The molecule has 112 valence electrons. The third-order valence-electron chi connectivity index (χ3n) is 3.91. The smallest absolute Gasteiger partial charge is 0.311 e. The molecule has 1 aliphatic heterocycles. The number of esters is 1. The molecule has 20 heavy (non-hydrogen) atoms. The maximum Gasteiger partial charge on any atom is 0.311 e. The summed E-state index contributed by atoms with van der Waals surface area (Å²) in [5.41, 5.74) is 0.918. The summed E-state index contributed by atoms with van der Waals surface area (Å²) in [5.74, 6) is 1.22. The van der Waals surface area contributed by atoms with Crippen LogP contribution in [0.15, 0.2) is 22.7 Å². The standard InChI is InChI=1S/C15H22O5/c1-15(2,18)13(16)7-10-6-9-4-5-14(17)20-12(9)8-11(10)19-3/h13,16,18H,4-8H2,1-3H3. The van der Waals surface area contributed by atoms with Gasteiger partial charge in [0.25, 0.3) is 0 Å². The second-order valence-electron chi connectivity index (χ2n) is 5.96. The molecule has 0 aromatic rings. The second-order valence-corrected chi connectivity index (χ2v) is 5.96. The molecule has 0 saturated heterocycles. The second kappa shape index (κ2) is 5.58. The predicted octanol–water partition coefficient (Wildman–Crippen LogP) is 1.79. The number of methoxy groups -OCH3 is 1. The van der Waals surface area contributed by atoms with Gasteiger partial charge in [-0.25, -0.2) is 0 Å². The lowest BCUT2D eigenvalue weighted by molar-refractivity contribution is -0.141. The Morgan fingerprint density at radius 1 is 1.35 bits per heavy atom. The van der Waals surface area contributed by atoms with Crippen molar-refractivity contribution in [3.63, 3.8) is 0 Å². The van der Waals surface area contributed by atoms with E-state index in [0.717, 1.165) is 16.9 Å². The number of aliphatic hydroxyl groups excluding tert-OH is 1. The van der Waals surface area contributed by atoms with Gasteiger partial charge in [-0.3, -0.25) is 4.79 Å². The molecule has 0 fully saturated rings. The first-order valence-electron chi connectivity index (χ1n) is 6.88. The Hall–Kier alpha value is -1.33. The van der Waals surface area contributed by atoms with E-state index in [9.17, 15) is 15.0 Å². The fourth-order valence-corrected chi connectivity index (χ4v) is 2.51. The van der Waals surface area contributed by atoms with Crippen LogP contribution < -0.4 is 0 Å². The molecule has 5 heteroatoms. The fraction of sp³-hybridized carbons (Fsp3) is 0.667. The predicted molar refractivity (Wildman–Crippen MR) is 72.5 cm³/mol. The average molecular weight is 282 g/mol. The number of aliphatic hydroxyl groups is 2. The normalized spacial score (nSPS) is 21.6. The number of ether oxygens (including phenoxy) is 2. The Balaban J connectivity index is 2.14. The highest BCUT2D eigenvalue weighted by atomic mass is 16.5. The minimum absolute atomic E-state index is 0.195. The zero-order valence-corrected chi connectivity index (χ0v) is 12.2. The topological polar surface area (TPSA) is 76.0 Å². The molecule has 0 saturated carbocycles. The third-order valence-corrected chi connectivity index (χ3v) is 3.91. The summed E-state index contributed by atoms with van der Waals surface area (Å²) < 4.78 is 10.6. The number of allylic oxidation sites excluding steroid dienone is 1. The monoisotopic (exact) mass is 282 g/mol. The minimum atomic E-state index is -1.15. The first-order chi connectivity index (χ1) is 9.31. The van der Waals surface area contributed by atoms with Gasteiger partial charge in [0, 0.05) is 12.8 Å². The summed E-state index contributed by atoms with van der Waals surface area (Å²) in [5, 5.41) is 19.9. The van der Waals surface area contributed by atoms with Crippen molar-refractivity contribution < 1.29 is 24.5 Å². The number of carbonyl (C=O) groups is 1. The SMILES string of the molecule is COC1=C(CC(O)C(C)(C)O)CC2=C(C1)OC(=O)CC2. The van der Waals surface area contributed by atoms with Gasteiger partial charge < -0.3 is 19.7 Å². The molecule has 0 aromatic heterocycles. The Bertz CT molecular complexity index is 467. The largest absolute Gasteiger partial charge is 0.501 e. The lowest BCUT2D eigenvalue weighted by Crippen LogP contribution is -2.36. The third kappa shape index (κ3) is 3.22. The van der Waals surface area contributed by atoms with Crippen molar-refractivity contribution in [1.29, 1.82) is 0 Å². The van der Waals surface area contributed by atoms with Gasteiger partial charge in [-0.2, -0.15) is 0 Å². The molecule has 2 N–H and O–H groups in total. The molecular weight excluding hydrogens is 260 g/mol. The van der Waals surface area contributed by atoms with Crippen LogP contribution in [0.2, 0.25) is 0 Å². The molecule has 0 radical (unpaired) electrons. The van der Waals surface area contributed by atoms with Crippen LogP contribution in [0, 0.1) is 0 Å². The van der Waals surface area contributed by atoms with E-state index in [-0.39, 0.29) is 5.97 Å². The van der Waals surface area contributed by atoms with Crippen LogP contribution in [0.3, 0.4) is 0 Å². The van der Waals surface area contributed by atoms with Crippen LogP contribution in [0.4, 0.5) is 0 Å². The molecule has 1 unspecified atom stereocenters. The van der Waals surface area contributed by atoms with Gasteiger partial charge in [-0.1, -0.05) is 0 Å². The van der Waals surface area contributed by atoms with Crippen LogP contribution in [-0.4, -0.2) is 35.0 Å². The van der Waals surface area contributed by atoms with Crippen LogP contribution in [-0.2, 0) is 14.3 Å². The Morgan fingerprint density at radius 3 is 2.65 bits per heavy atom. The Kier molecular flexibility index (Phi) is 4.20. The van der Waals surface area contributed by atoms with E-state index in [2.05, 4.69) is 0 Å². The summed E-state index contributed by atoms with van der Waals surface area (Å²) in [6.07, 6.45) is 1.70. The molecule has 1 heterocycles. The van der Waals surface area contributed by atoms with Gasteiger partial charge in [-0.05, 0) is 37.8 Å². The van der Waals surface area contributed by atoms with Crippen molar-refractivity contribution >= 4 is 5.97 Å². The van der Waals surface area contributed by atoms with E-state index in [0.29, 0.717) is 37.9 Å². The number of hydrogen-bond donors (Lipinski definition) is 2. The van der Waals surface area contributed by atoms with Crippen LogP contribution in [0.1, 0.15) is 46.0 Å². The Morgan fingerprint density at radius 2 is 2.05 bits per heavy atom. The molecule has 1 aliphatic carbocycles. The molecule has 0 spiro atoms. The summed E-state index contributed by atoms with van der Waals surface area (Å²) in [6, 6.07) is 0. The summed E-state index contributed by atoms with van der Waals surface area (Å²) in [7, 11) is 1.57. The summed E-state index contributed by atoms with van der Waals surface area (Å²) >= 11 is 0. The molecule has 0 bridgehead atoms. The van der Waals surface area contributed by atoms with E-state index in [4.69, 9.17) is 9.47 Å². The van der Waals surface area contributed by atoms with Gasteiger partial charge >= 0.3 is 5.97 Å². The van der Waals surface area contributed by atoms with Crippen LogP contribution in [0.5, 0.6) is 0 Å². The van der Waals surface area contributed by atoms with Crippen molar-refractivity contribution in [2.45, 2.75) is 57.7 Å². The van der Waals surface area contributed by atoms with Crippen LogP contribution in [0.25, 0.3) is 0 Å². The van der Waals surface area contributed by atoms with Crippen molar-refractivity contribution in [2.75, 3.05) is 7.11 Å². The van der Waals surface area contributed by atoms with Gasteiger partial charge in [0.15, 0.2) is 0 Å². The van der Waals surface area contributed by atoms with Gasteiger partial charge in [0.2, 0.25) is 0 Å². The lowest BCUT2D eigenvalue weighted by atomic mass is 9.85. The first-order valence-corrected chi connectivity index (χ1v) is 6.88. The van der Waals surface area contributed by atoms with Crippen molar-refractivity contribution in [2.24, 2.45) is 0 Å². The van der Waals surface area contributed by atoms with E-state index in [1.807, 2.05) is 0 Å². The summed E-state index contributed by atoms with van der Waals surface area (Å²) in [4.78, 5) is 11.3. The van der Waals surface area contributed by atoms with E-state index < -0.39 is 11.7 Å². The lowest BCUT2D eigenvalue weighted by Gasteiger charge is -2.30. The maximum atomic E-state index is 11.3. The number of rotatable bonds is 4. The average Bonchev–Trinajstić information content (AvgIpc) is 2.37. The molecule has 2 rings (SSSR count). The highest BCUT2D eigenvalue weighted by Crippen LogP contribution is 2.38. The van der Waals surface area contributed by atoms with Crippen molar-refractivity contribution in [3.05, 3.63) is 22.7 Å². The molecule has 5 nitrogen and oxygen atoms in total. The summed E-state index contributed by atoms with van der Waals surface area (Å²) in [6.45, 7) is 3.17. The van der Waals surface area contributed by atoms with Gasteiger partial charge in [0.05, 0.1) is 25.2 Å². The minimum Gasteiger partial charge on any atom is -0.501 e. The molecular formula is C15H22O5. The zero-order valence-electron chi connectivity index (χ0n) is 12.2. The molecule has 1 atom stereocenters. The van der Waals surface area contributed by atoms with Crippen molar-refractivity contribution in [1.82, 2.24) is 0 Å². The number of carbonyl (C=O) groups excluding carboxylic acids is 1. The highest BCUT2D eigenvalue weighted by molar-refractivity contribution is 5.72. The van der Waals surface area contributed by atoms with Crippen LogP contribution >= 0.6 is 0 Å². The quantitative estimate of drug-likeness (QED) is 0.769. The fourth-order valence-electron chi connectivity index (χ4n) is 2.51. The molecule has 0 amide bonds.